The second-order valence-corrected chi connectivity index (χ2v) is 6.39. The highest BCUT2D eigenvalue weighted by Gasteiger charge is 2.51. The van der Waals surface area contributed by atoms with Crippen molar-refractivity contribution in [2.75, 3.05) is 5.32 Å². The predicted molar refractivity (Wildman–Crippen MR) is 94.3 cm³/mol. The maximum atomic E-state index is 12.8. The molecule has 3 aromatic rings. The lowest BCUT2D eigenvalue weighted by molar-refractivity contribution is -0.118. The number of para-hydroxylation sites is 1. The number of carbonyl (C=O) groups is 1. The summed E-state index contributed by atoms with van der Waals surface area (Å²) < 4.78 is 1.77. The summed E-state index contributed by atoms with van der Waals surface area (Å²) in [6.07, 6.45) is 3.64. The number of nitrogens with one attached hydrogen (secondary N) is 1. The van der Waals surface area contributed by atoms with Crippen LogP contribution >= 0.6 is 0 Å². The molecule has 0 aliphatic heterocycles. The molecule has 24 heavy (non-hydrogen) atoms. The molecule has 0 unspecified atom stereocenters. The number of carbonyl (C=O) groups excluding carboxylic acids is 1. The summed E-state index contributed by atoms with van der Waals surface area (Å²) >= 11 is 0. The molecule has 2 aromatic carbocycles. The molecule has 0 saturated heterocycles. The van der Waals surface area contributed by atoms with Gasteiger partial charge in [0.2, 0.25) is 5.91 Å². The molecule has 4 rings (SSSR count). The van der Waals surface area contributed by atoms with Gasteiger partial charge < -0.3 is 5.32 Å². The zero-order valence-electron chi connectivity index (χ0n) is 13.6. The van der Waals surface area contributed by atoms with Crippen molar-refractivity contribution >= 4 is 11.7 Å². The van der Waals surface area contributed by atoms with Crippen molar-refractivity contribution < 1.29 is 4.79 Å². The Bertz CT molecular complexity index is 879. The predicted octanol–water partition coefficient (Wildman–Crippen LogP) is 3.85. The Labute approximate surface area is 141 Å². The van der Waals surface area contributed by atoms with E-state index in [2.05, 4.69) is 29.5 Å². The smallest absolute Gasteiger partial charge is 0.236 e. The van der Waals surface area contributed by atoms with Crippen LogP contribution in [0.4, 0.5) is 5.82 Å². The van der Waals surface area contributed by atoms with Crippen LogP contribution in [-0.4, -0.2) is 15.7 Å². The molecule has 1 amide bonds. The van der Waals surface area contributed by atoms with Gasteiger partial charge in [-0.3, -0.25) is 4.79 Å². The van der Waals surface area contributed by atoms with Gasteiger partial charge in [-0.15, -0.1) is 0 Å². The van der Waals surface area contributed by atoms with Crippen molar-refractivity contribution in [3.8, 4) is 5.69 Å². The number of rotatable bonds is 4. The van der Waals surface area contributed by atoms with Gasteiger partial charge in [-0.05, 0) is 37.5 Å². The number of benzene rings is 2. The molecule has 1 aromatic heterocycles. The lowest BCUT2D eigenvalue weighted by Crippen LogP contribution is -2.28. The van der Waals surface area contributed by atoms with Crippen LogP contribution in [0.5, 0.6) is 0 Å². The van der Waals surface area contributed by atoms with Gasteiger partial charge in [0, 0.05) is 12.3 Å². The van der Waals surface area contributed by atoms with Crippen molar-refractivity contribution in [1.82, 2.24) is 9.78 Å². The Morgan fingerprint density at radius 1 is 1.08 bits per heavy atom. The largest absolute Gasteiger partial charge is 0.308 e. The third-order valence-electron chi connectivity index (χ3n) is 4.61. The van der Waals surface area contributed by atoms with Crippen LogP contribution in [0.25, 0.3) is 5.69 Å². The topological polar surface area (TPSA) is 46.9 Å². The van der Waals surface area contributed by atoms with Crippen LogP contribution in [0.1, 0.15) is 24.0 Å². The standard InChI is InChI=1S/C20H19N3O/c1-15-6-5-7-16(14-15)20(11-12-20)19(24)21-18-10-13-23(22-18)17-8-3-2-4-9-17/h2-10,13-14H,11-12H2,1H3,(H,21,22,24). The zero-order chi connectivity index (χ0) is 16.6. The van der Waals surface area contributed by atoms with Crippen LogP contribution in [0.2, 0.25) is 0 Å². The number of aromatic nitrogens is 2. The minimum atomic E-state index is -0.386. The third-order valence-corrected chi connectivity index (χ3v) is 4.61. The van der Waals surface area contributed by atoms with Gasteiger partial charge in [0.25, 0.3) is 0 Å². The van der Waals surface area contributed by atoms with Crippen LogP contribution in [0.15, 0.2) is 66.9 Å². The first-order valence-corrected chi connectivity index (χ1v) is 8.17. The maximum absolute atomic E-state index is 12.8. The molecule has 1 saturated carbocycles. The van der Waals surface area contributed by atoms with Gasteiger partial charge in [-0.2, -0.15) is 5.10 Å². The normalized spacial score (nSPS) is 15.0. The fourth-order valence-corrected chi connectivity index (χ4v) is 3.07. The molecule has 1 heterocycles. The molecular weight excluding hydrogens is 298 g/mol. The molecule has 0 bridgehead atoms. The molecule has 0 spiro atoms. The highest BCUT2D eigenvalue weighted by molar-refractivity contribution is 6.00. The first kappa shape index (κ1) is 14.7. The summed E-state index contributed by atoms with van der Waals surface area (Å²) in [5, 5.41) is 7.44. The highest BCUT2D eigenvalue weighted by Crippen LogP contribution is 2.49. The summed E-state index contributed by atoms with van der Waals surface area (Å²) in [5.41, 5.74) is 2.86. The molecular formula is C20H19N3O. The van der Waals surface area contributed by atoms with Gasteiger partial charge in [0.15, 0.2) is 5.82 Å². The van der Waals surface area contributed by atoms with E-state index in [0.29, 0.717) is 5.82 Å². The number of nitrogens with zero attached hydrogens (tertiary/aromatic N) is 2. The second kappa shape index (κ2) is 5.64. The Morgan fingerprint density at radius 2 is 1.88 bits per heavy atom. The Kier molecular flexibility index (Phi) is 3.45. The molecule has 0 atom stereocenters. The summed E-state index contributed by atoms with van der Waals surface area (Å²) in [5.74, 6) is 0.620. The van der Waals surface area contributed by atoms with E-state index in [1.165, 1.54) is 5.56 Å². The minimum absolute atomic E-state index is 0.0337. The summed E-state index contributed by atoms with van der Waals surface area (Å²) in [6.45, 7) is 2.05. The monoisotopic (exact) mass is 317 g/mol. The Morgan fingerprint density at radius 3 is 2.58 bits per heavy atom. The molecule has 120 valence electrons. The van der Waals surface area contributed by atoms with Gasteiger partial charge in [-0.1, -0.05) is 48.0 Å². The van der Waals surface area contributed by atoms with Crippen molar-refractivity contribution in [3.05, 3.63) is 78.0 Å². The molecule has 4 heteroatoms. The van der Waals surface area contributed by atoms with E-state index in [4.69, 9.17) is 0 Å². The number of aryl methyl sites for hydroxylation is 1. The van der Waals surface area contributed by atoms with Crippen LogP contribution in [0.3, 0.4) is 0 Å². The van der Waals surface area contributed by atoms with Crippen LogP contribution in [0, 0.1) is 6.92 Å². The second-order valence-electron chi connectivity index (χ2n) is 6.39. The number of hydrogen-bond acceptors (Lipinski definition) is 2. The zero-order valence-corrected chi connectivity index (χ0v) is 13.6. The van der Waals surface area contributed by atoms with E-state index in [9.17, 15) is 4.79 Å². The lowest BCUT2D eigenvalue weighted by Gasteiger charge is -2.15. The third kappa shape index (κ3) is 2.60. The summed E-state index contributed by atoms with van der Waals surface area (Å²) in [4.78, 5) is 12.8. The van der Waals surface area contributed by atoms with Crippen molar-refractivity contribution in [2.24, 2.45) is 0 Å². The lowest BCUT2D eigenvalue weighted by atomic mass is 9.93. The van der Waals surface area contributed by atoms with Gasteiger partial charge in [0.1, 0.15) is 0 Å². The first-order valence-electron chi connectivity index (χ1n) is 8.17. The summed E-state index contributed by atoms with van der Waals surface area (Å²) in [6, 6.07) is 19.9. The van der Waals surface area contributed by atoms with Crippen LogP contribution < -0.4 is 5.32 Å². The van der Waals surface area contributed by atoms with E-state index in [-0.39, 0.29) is 11.3 Å². The molecule has 4 nitrogen and oxygen atoms in total. The van der Waals surface area contributed by atoms with E-state index in [0.717, 1.165) is 24.1 Å². The van der Waals surface area contributed by atoms with E-state index >= 15 is 0 Å². The van der Waals surface area contributed by atoms with Crippen molar-refractivity contribution in [3.63, 3.8) is 0 Å². The molecule has 1 fully saturated rings. The molecule has 1 aliphatic carbocycles. The van der Waals surface area contributed by atoms with Crippen LogP contribution in [-0.2, 0) is 10.2 Å². The molecule has 1 N–H and O–H groups in total. The van der Waals surface area contributed by atoms with E-state index in [1.807, 2.05) is 54.7 Å². The first-order chi connectivity index (χ1) is 11.7. The highest BCUT2D eigenvalue weighted by atomic mass is 16.2. The van der Waals surface area contributed by atoms with Gasteiger partial charge >= 0.3 is 0 Å². The maximum Gasteiger partial charge on any atom is 0.236 e. The van der Waals surface area contributed by atoms with Gasteiger partial charge in [0.05, 0.1) is 11.1 Å². The number of amides is 1. The van der Waals surface area contributed by atoms with Crippen molar-refractivity contribution in [1.29, 1.82) is 0 Å². The number of hydrogen-bond donors (Lipinski definition) is 1. The Balaban J connectivity index is 1.54. The van der Waals surface area contributed by atoms with E-state index in [1.54, 1.807) is 4.68 Å². The minimum Gasteiger partial charge on any atom is -0.308 e. The van der Waals surface area contributed by atoms with E-state index < -0.39 is 0 Å². The Hall–Kier alpha value is -2.88. The average molecular weight is 317 g/mol. The number of anilines is 1. The average Bonchev–Trinajstić information content (AvgIpc) is 3.30. The fourth-order valence-electron chi connectivity index (χ4n) is 3.07. The molecule has 1 aliphatic rings. The fraction of sp³-hybridized carbons (Fsp3) is 0.200. The SMILES string of the molecule is Cc1cccc(C2(C(=O)Nc3ccn(-c4ccccc4)n3)CC2)c1. The quantitative estimate of drug-likeness (QED) is 0.794. The molecule has 0 radical (unpaired) electrons. The van der Waals surface area contributed by atoms with Crippen molar-refractivity contribution in [2.45, 2.75) is 25.2 Å². The van der Waals surface area contributed by atoms with Gasteiger partial charge in [-0.25, -0.2) is 4.68 Å². The summed E-state index contributed by atoms with van der Waals surface area (Å²) in [7, 11) is 0.